The van der Waals surface area contributed by atoms with Crippen molar-refractivity contribution in [1.82, 2.24) is 55.9 Å². The number of amides is 5. The number of carbonyl (C=O) groups is 5. The van der Waals surface area contributed by atoms with Crippen LogP contribution < -0.4 is 21.3 Å². The van der Waals surface area contributed by atoms with Crippen molar-refractivity contribution in [1.29, 1.82) is 0 Å². The van der Waals surface area contributed by atoms with Crippen LogP contribution >= 0.6 is 11.3 Å². The third-order valence-corrected chi connectivity index (χ3v) is 16.6. The maximum absolute atomic E-state index is 14.0. The molecule has 1 saturated heterocycles. The Morgan fingerprint density at radius 1 is 0.818 bits per heavy atom. The van der Waals surface area contributed by atoms with Crippen LogP contribution in [0.2, 0.25) is 0 Å². The molecule has 20 heteroatoms. The van der Waals surface area contributed by atoms with Gasteiger partial charge < -0.3 is 40.7 Å². The van der Waals surface area contributed by atoms with Crippen LogP contribution in [0.1, 0.15) is 130 Å². The summed E-state index contributed by atoms with van der Waals surface area (Å²) in [7, 11) is 0. The minimum absolute atomic E-state index is 0.00419. The number of aryl methyl sites for hydroxylation is 1. The Balaban J connectivity index is 0.662. The molecule has 0 unspecified atom stereocenters. The molecule has 5 aromatic rings. The highest BCUT2D eigenvalue weighted by Gasteiger charge is 2.49. The normalized spacial score (nSPS) is 22.2. The van der Waals surface area contributed by atoms with E-state index in [-0.39, 0.29) is 87.4 Å². The van der Waals surface area contributed by atoms with Gasteiger partial charge in [0, 0.05) is 43.0 Å². The Bertz CT molecular complexity index is 2850. The third-order valence-electron chi connectivity index (χ3n) is 15.7. The highest BCUT2D eigenvalue weighted by atomic mass is 32.1. The maximum atomic E-state index is 14.0. The average Bonchev–Trinajstić information content (AvgIpc) is 4.24. The number of hydrogen-bond acceptors (Lipinski definition) is 13. The molecule has 0 spiro atoms. The number of carbonyl (C=O) groups excluding carboxylic acids is 5. The monoisotopic (exact) mass is 1070 g/mol. The van der Waals surface area contributed by atoms with Crippen molar-refractivity contribution in [3.8, 4) is 16.1 Å². The van der Waals surface area contributed by atoms with Crippen LogP contribution in [-0.4, -0.2) is 127 Å². The number of β-amino-alcohol motifs (C(OH)–C–C–N with tert-alkyl or cyclic N) is 1. The Kier molecular flexibility index (Phi) is 17.1. The number of aliphatic hydroxyl groups excluding tert-OH is 1. The standard InChI is InChI=1S/C57H75N11O8S/c1-34-49(77-33-60-34)38-10-8-35(9-11-38)28-58-54(73)46-27-44(69)32-67(46)55(74)50(56(2,3)4)62-47(70)16-18-75-20-21-76-19-17-66-31-42(64-65-66)29-59-52(71)39-12-14-43(15-13-39)68-51(57(5,6)7)45(30-61-68)53(72)63-48-40-23-36-22-37(25-40)26-41(48)24-36/h8-15,30-31,33,36-37,40-41,44,46,48,50,69H,16-29,32H2,1-7H3,(H,58,73)(H,59,71)(H,62,70)(H,63,72)/t36?,37?,40?,41?,44-,46+,48?,50-/m1/s1. The number of nitrogens with zero attached hydrogens (tertiary/aromatic N) is 7. The first kappa shape index (κ1) is 55.4. The quantitative estimate of drug-likeness (QED) is 0.0540. The zero-order valence-corrected chi connectivity index (χ0v) is 46.2. The van der Waals surface area contributed by atoms with Crippen LogP contribution in [0.25, 0.3) is 16.1 Å². The summed E-state index contributed by atoms with van der Waals surface area (Å²) in [4.78, 5) is 74.5. The van der Waals surface area contributed by atoms with Gasteiger partial charge in [0.25, 0.3) is 11.8 Å². The topological polar surface area (TPSA) is 237 Å². The van der Waals surface area contributed by atoms with E-state index in [1.807, 2.05) is 74.3 Å². The fourth-order valence-corrected chi connectivity index (χ4v) is 12.8. The highest BCUT2D eigenvalue weighted by molar-refractivity contribution is 7.13. The molecule has 2 aromatic carbocycles. The Labute approximate surface area is 454 Å². The second-order valence-corrected chi connectivity index (χ2v) is 24.5. The van der Waals surface area contributed by atoms with Gasteiger partial charge in [-0.3, -0.25) is 24.0 Å². The van der Waals surface area contributed by atoms with Gasteiger partial charge in [-0.1, -0.05) is 71.0 Å². The predicted octanol–water partition coefficient (Wildman–Crippen LogP) is 5.91. The minimum atomic E-state index is -0.948. The molecular weight excluding hydrogens is 999 g/mol. The molecule has 412 valence electrons. The van der Waals surface area contributed by atoms with E-state index in [4.69, 9.17) is 14.6 Å². The lowest BCUT2D eigenvalue weighted by Crippen LogP contribution is -2.57. The summed E-state index contributed by atoms with van der Waals surface area (Å²) in [5.74, 6) is 1.31. The summed E-state index contributed by atoms with van der Waals surface area (Å²) in [6, 6.07) is 13.5. The number of rotatable bonds is 21. The summed E-state index contributed by atoms with van der Waals surface area (Å²) in [5.41, 5.74) is 6.88. The molecule has 5 N–H and O–H groups in total. The largest absolute Gasteiger partial charge is 0.391 e. The molecule has 5 fully saturated rings. The van der Waals surface area contributed by atoms with E-state index in [0.29, 0.717) is 41.8 Å². The second kappa shape index (κ2) is 23.7. The van der Waals surface area contributed by atoms with Gasteiger partial charge in [-0.2, -0.15) is 5.10 Å². The molecule has 0 radical (unpaired) electrons. The lowest BCUT2D eigenvalue weighted by molar-refractivity contribution is -0.144. The van der Waals surface area contributed by atoms with E-state index < -0.39 is 29.5 Å². The molecule has 4 aliphatic carbocycles. The summed E-state index contributed by atoms with van der Waals surface area (Å²) < 4.78 is 14.8. The number of hydrogen-bond donors (Lipinski definition) is 5. The minimum Gasteiger partial charge on any atom is -0.391 e. The van der Waals surface area contributed by atoms with E-state index in [1.165, 1.54) is 37.0 Å². The molecule has 19 nitrogen and oxygen atoms in total. The first-order valence-electron chi connectivity index (χ1n) is 27.2. The Morgan fingerprint density at radius 3 is 2.16 bits per heavy atom. The molecule has 77 heavy (non-hydrogen) atoms. The number of benzene rings is 2. The number of likely N-dealkylation sites (tertiary alicyclic amines) is 1. The van der Waals surface area contributed by atoms with Crippen molar-refractivity contribution in [2.24, 2.45) is 29.1 Å². The number of nitrogens with one attached hydrogen (secondary N) is 4. The first-order chi connectivity index (χ1) is 36.8. The van der Waals surface area contributed by atoms with Gasteiger partial charge in [0.15, 0.2) is 0 Å². The zero-order chi connectivity index (χ0) is 54.6. The van der Waals surface area contributed by atoms with Crippen molar-refractivity contribution in [2.75, 3.05) is 33.0 Å². The van der Waals surface area contributed by atoms with Gasteiger partial charge in [-0.15, -0.1) is 16.4 Å². The lowest BCUT2D eigenvalue weighted by Gasteiger charge is -2.54. The van der Waals surface area contributed by atoms with Crippen LogP contribution in [0, 0.1) is 36.0 Å². The zero-order valence-electron chi connectivity index (χ0n) is 45.4. The molecular formula is C57H75N11O8S. The smallest absolute Gasteiger partial charge is 0.255 e. The fourth-order valence-electron chi connectivity index (χ4n) is 12.0. The van der Waals surface area contributed by atoms with Crippen molar-refractivity contribution >= 4 is 40.9 Å². The van der Waals surface area contributed by atoms with E-state index in [2.05, 4.69) is 57.3 Å². The van der Waals surface area contributed by atoms with E-state index in [1.54, 1.807) is 40.5 Å². The van der Waals surface area contributed by atoms with E-state index >= 15 is 0 Å². The molecule has 3 atom stereocenters. The van der Waals surface area contributed by atoms with Crippen molar-refractivity contribution in [3.05, 3.63) is 100 Å². The molecule has 1 aliphatic heterocycles. The molecule has 3 aromatic heterocycles. The third kappa shape index (κ3) is 13.3. The molecule has 4 saturated carbocycles. The fraction of sp³-hybridized carbons (Fsp3) is 0.561. The lowest BCUT2D eigenvalue weighted by atomic mass is 9.54. The molecule has 5 amide bonds. The summed E-state index contributed by atoms with van der Waals surface area (Å²) in [6.07, 6.45) is 8.94. The van der Waals surface area contributed by atoms with Gasteiger partial charge in [0.1, 0.15) is 17.8 Å². The number of thiazole rings is 1. The van der Waals surface area contributed by atoms with Crippen molar-refractivity contribution < 1.29 is 38.6 Å². The van der Waals surface area contributed by atoms with Crippen LogP contribution in [0.15, 0.2) is 66.4 Å². The predicted molar refractivity (Wildman–Crippen MR) is 290 cm³/mol. The average molecular weight is 1070 g/mol. The van der Waals surface area contributed by atoms with Gasteiger partial charge in [0.2, 0.25) is 17.7 Å². The van der Waals surface area contributed by atoms with Gasteiger partial charge in [0.05, 0.1) is 91.0 Å². The molecule has 5 aliphatic rings. The van der Waals surface area contributed by atoms with Crippen LogP contribution in [-0.2, 0) is 48.9 Å². The summed E-state index contributed by atoms with van der Waals surface area (Å²) >= 11 is 1.57. The molecule has 4 heterocycles. The van der Waals surface area contributed by atoms with Gasteiger partial charge in [-0.05, 0) is 104 Å². The Hall–Kier alpha value is -6.35. The van der Waals surface area contributed by atoms with Gasteiger partial charge in [-0.25, -0.2) is 14.3 Å². The molecule has 4 bridgehead atoms. The van der Waals surface area contributed by atoms with Crippen LogP contribution in [0.5, 0.6) is 0 Å². The number of aromatic nitrogens is 6. The van der Waals surface area contributed by atoms with Crippen LogP contribution in [0.4, 0.5) is 0 Å². The van der Waals surface area contributed by atoms with Gasteiger partial charge >= 0.3 is 0 Å². The van der Waals surface area contributed by atoms with Crippen molar-refractivity contribution in [3.63, 3.8) is 0 Å². The summed E-state index contributed by atoms with van der Waals surface area (Å²) in [5, 5.41) is 35.8. The van der Waals surface area contributed by atoms with Crippen LogP contribution in [0.3, 0.4) is 0 Å². The van der Waals surface area contributed by atoms with E-state index in [9.17, 15) is 29.1 Å². The number of ether oxygens (including phenoxy) is 2. The second-order valence-electron chi connectivity index (χ2n) is 23.6. The summed E-state index contributed by atoms with van der Waals surface area (Å²) in [6.45, 7) is 15.5. The van der Waals surface area contributed by atoms with Crippen molar-refractivity contribution in [2.45, 2.75) is 143 Å². The number of aliphatic hydroxyl groups is 1. The SMILES string of the molecule is Cc1ncsc1-c1ccc(CNC(=O)[C@@H]2C[C@@H](O)CN2C(=O)[C@@H](NC(=O)CCOCCOCCn2cc(CNC(=O)c3ccc(-n4ncc(C(=O)NC5C6CC7CC(C6)CC5C7)c4C(C)(C)C)cc3)nn2)C(C)(C)C)cc1. The highest BCUT2D eigenvalue weighted by Crippen LogP contribution is 2.54. The van der Waals surface area contributed by atoms with E-state index in [0.717, 1.165) is 44.9 Å². The first-order valence-corrected chi connectivity index (χ1v) is 28.0. The Morgan fingerprint density at radius 2 is 1.51 bits per heavy atom. The molecule has 10 rings (SSSR count). The maximum Gasteiger partial charge on any atom is 0.255 e.